The summed E-state index contributed by atoms with van der Waals surface area (Å²) in [4.78, 5) is 12.3. The predicted molar refractivity (Wildman–Crippen MR) is 114 cm³/mol. The third-order valence-electron chi connectivity index (χ3n) is 4.04. The molecule has 0 bridgehead atoms. The fraction of sp³-hybridized carbons (Fsp3) is 0.316. The highest BCUT2D eigenvalue weighted by Gasteiger charge is 2.15. The molecule has 8 heteroatoms. The fourth-order valence-electron chi connectivity index (χ4n) is 2.47. The molecule has 0 fully saturated rings. The van der Waals surface area contributed by atoms with Crippen LogP contribution in [0.1, 0.15) is 21.5 Å². The van der Waals surface area contributed by atoms with Crippen LogP contribution in [0, 0.1) is 6.92 Å². The molecule has 0 aliphatic carbocycles. The van der Waals surface area contributed by atoms with Gasteiger partial charge in [0, 0.05) is 35.7 Å². The van der Waals surface area contributed by atoms with Crippen molar-refractivity contribution < 1.29 is 13.2 Å². The molecule has 0 atom stereocenters. The summed E-state index contributed by atoms with van der Waals surface area (Å²) >= 11 is 7.82. The third kappa shape index (κ3) is 6.16. The number of nitrogens with one attached hydrogen (secondary N) is 1. The van der Waals surface area contributed by atoms with Gasteiger partial charge in [-0.25, -0.2) is 8.42 Å². The third-order valence-corrected chi connectivity index (χ3v) is 6.61. The Bertz CT molecular complexity index is 917. The first-order valence-corrected chi connectivity index (χ1v) is 11.7. The Labute approximate surface area is 170 Å². The highest BCUT2D eigenvalue weighted by molar-refractivity contribution is 7.98. The Morgan fingerprint density at radius 3 is 2.56 bits per heavy atom. The molecule has 0 aromatic heterocycles. The summed E-state index contributed by atoms with van der Waals surface area (Å²) < 4.78 is 24.5. The number of thioether (sulfide) groups is 1. The topological polar surface area (TPSA) is 66.5 Å². The summed E-state index contributed by atoms with van der Waals surface area (Å²) in [6, 6.07) is 12.7. The van der Waals surface area contributed by atoms with Gasteiger partial charge in [-0.1, -0.05) is 29.8 Å². The Kier molecular flexibility index (Phi) is 7.59. The first kappa shape index (κ1) is 21.6. The molecule has 0 unspecified atom stereocenters. The number of carbonyl (C=O) groups is 1. The maximum atomic E-state index is 12.3. The quantitative estimate of drug-likeness (QED) is 0.653. The summed E-state index contributed by atoms with van der Waals surface area (Å²) in [7, 11) is -1.84. The maximum absolute atomic E-state index is 12.3. The number of rotatable bonds is 8. The molecule has 2 rings (SSSR count). The highest BCUT2D eigenvalue weighted by atomic mass is 35.5. The maximum Gasteiger partial charge on any atom is 0.251 e. The van der Waals surface area contributed by atoms with Crippen LogP contribution in [0.15, 0.2) is 42.5 Å². The average Bonchev–Trinajstić information content (AvgIpc) is 2.61. The van der Waals surface area contributed by atoms with Gasteiger partial charge < -0.3 is 5.32 Å². The van der Waals surface area contributed by atoms with Crippen LogP contribution in [-0.4, -0.2) is 39.9 Å². The molecule has 0 spiro atoms. The van der Waals surface area contributed by atoms with E-state index in [1.165, 1.54) is 11.4 Å². The lowest BCUT2D eigenvalue weighted by Gasteiger charge is -2.19. The number of aryl methyl sites for hydroxylation is 1. The highest BCUT2D eigenvalue weighted by Crippen LogP contribution is 2.22. The number of halogens is 1. The van der Waals surface area contributed by atoms with Gasteiger partial charge in [0.2, 0.25) is 10.0 Å². The van der Waals surface area contributed by atoms with Crippen LogP contribution in [0.5, 0.6) is 0 Å². The standard InChI is InChI=1S/C19H23ClN2O3S2/c1-14-12-15(8-9-18(14)22(2)27(3,24)25)19(23)21-10-11-26-13-16-6-4-5-7-17(16)20/h4-9,12H,10-11,13H2,1-3H3,(H,21,23). The van der Waals surface area contributed by atoms with E-state index in [1.54, 1.807) is 36.9 Å². The second kappa shape index (κ2) is 9.48. The van der Waals surface area contributed by atoms with E-state index in [1.807, 2.05) is 24.3 Å². The van der Waals surface area contributed by atoms with Crippen LogP contribution >= 0.6 is 23.4 Å². The van der Waals surface area contributed by atoms with Crippen LogP contribution in [-0.2, 0) is 15.8 Å². The van der Waals surface area contributed by atoms with E-state index in [9.17, 15) is 13.2 Å². The average molecular weight is 427 g/mol. The molecular weight excluding hydrogens is 404 g/mol. The minimum atomic E-state index is -3.34. The van der Waals surface area contributed by atoms with E-state index in [0.29, 0.717) is 17.8 Å². The number of benzene rings is 2. The predicted octanol–water partition coefficient (Wildman–Crippen LogP) is 3.71. The van der Waals surface area contributed by atoms with E-state index in [4.69, 9.17) is 11.6 Å². The smallest absolute Gasteiger partial charge is 0.251 e. The van der Waals surface area contributed by atoms with Crippen molar-refractivity contribution in [1.82, 2.24) is 5.32 Å². The first-order chi connectivity index (χ1) is 12.7. The fourth-order valence-corrected chi connectivity index (χ4v) is 4.17. The van der Waals surface area contributed by atoms with Gasteiger partial charge in [-0.3, -0.25) is 9.10 Å². The lowest BCUT2D eigenvalue weighted by molar-refractivity contribution is 0.0956. The van der Waals surface area contributed by atoms with E-state index in [-0.39, 0.29) is 5.91 Å². The van der Waals surface area contributed by atoms with Crippen molar-refractivity contribution in [2.75, 3.05) is 29.9 Å². The largest absolute Gasteiger partial charge is 0.351 e. The first-order valence-electron chi connectivity index (χ1n) is 8.34. The van der Waals surface area contributed by atoms with E-state index >= 15 is 0 Å². The SMILES string of the molecule is Cc1cc(C(=O)NCCSCc2ccccc2Cl)ccc1N(C)S(C)(=O)=O. The van der Waals surface area contributed by atoms with Gasteiger partial charge in [0.05, 0.1) is 11.9 Å². The van der Waals surface area contributed by atoms with Crippen LogP contribution in [0.2, 0.25) is 5.02 Å². The molecule has 2 aromatic carbocycles. The molecule has 1 N–H and O–H groups in total. The molecule has 27 heavy (non-hydrogen) atoms. The number of sulfonamides is 1. The van der Waals surface area contributed by atoms with Crippen molar-refractivity contribution in [1.29, 1.82) is 0 Å². The number of hydrogen-bond donors (Lipinski definition) is 1. The second-order valence-corrected chi connectivity index (χ2v) is 9.66. The summed E-state index contributed by atoms with van der Waals surface area (Å²) in [6.07, 6.45) is 1.15. The van der Waals surface area contributed by atoms with Gasteiger partial charge in [0.1, 0.15) is 0 Å². The summed E-state index contributed by atoms with van der Waals surface area (Å²) in [6.45, 7) is 2.32. The van der Waals surface area contributed by atoms with Gasteiger partial charge in [-0.05, 0) is 42.3 Å². The monoisotopic (exact) mass is 426 g/mol. The van der Waals surface area contributed by atoms with Gasteiger partial charge >= 0.3 is 0 Å². The summed E-state index contributed by atoms with van der Waals surface area (Å²) in [5, 5.41) is 3.63. The van der Waals surface area contributed by atoms with E-state index in [2.05, 4.69) is 5.32 Å². The number of nitrogens with zero attached hydrogens (tertiary/aromatic N) is 1. The minimum Gasteiger partial charge on any atom is -0.351 e. The Morgan fingerprint density at radius 2 is 1.93 bits per heavy atom. The Hall–Kier alpha value is -1.70. The minimum absolute atomic E-state index is 0.176. The molecule has 146 valence electrons. The summed E-state index contributed by atoms with van der Waals surface area (Å²) in [5.41, 5.74) is 2.87. The number of amides is 1. The van der Waals surface area contributed by atoms with Crippen LogP contribution in [0.4, 0.5) is 5.69 Å². The van der Waals surface area contributed by atoms with Crippen LogP contribution in [0.25, 0.3) is 0 Å². The molecule has 0 saturated heterocycles. The molecule has 1 amide bonds. The lowest BCUT2D eigenvalue weighted by Crippen LogP contribution is -2.27. The van der Waals surface area contributed by atoms with Gasteiger partial charge in [-0.2, -0.15) is 11.8 Å². The zero-order valence-corrected chi connectivity index (χ0v) is 17.9. The number of carbonyl (C=O) groups excluding carboxylic acids is 1. The summed E-state index contributed by atoms with van der Waals surface area (Å²) in [5.74, 6) is 1.39. The molecular formula is C19H23ClN2O3S2. The zero-order chi connectivity index (χ0) is 20.0. The number of anilines is 1. The van der Waals surface area contributed by atoms with E-state index < -0.39 is 10.0 Å². The lowest BCUT2D eigenvalue weighted by atomic mass is 10.1. The normalized spacial score (nSPS) is 11.3. The molecule has 0 saturated carbocycles. The second-order valence-electron chi connectivity index (χ2n) is 6.13. The van der Waals surface area contributed by atoms with Gasteiger partial charge in [0.15, 0.2) is 0 Å². The molecule has 0 radical (unpaired) electrons. The number of hydrogen-bond acceptors (Lipinski definition) is 4. The zero-order valence-electron chi connectivity index (χ0n) is 15.5. The Morgan fingerprint density at radius 1 is 1.22 bits per heavy atom. The van der Waals surface area contributed by atoms with Crippen molar-refractivity contribution in [2.24, 2.45) is 0 Å². The molecule has 0 heterocycles. The van der Waals surface area contributed by atoms with E-state index in [0.717, 1.165) is 33.9 Å². The van der Waals surface area contributed by atoms with Gasteiger partial charge in [0.25, 0.3) is 5.91 Å². The van der Waals surface area contributed by atoms with Crippen molar-refractivity contribution in [3.05, 3.63) is 64.2 Å². The van der Waals surface area contributed by atoms with Crippen molar-refractivity contribution in [3.8, 4) is 0 Å². The van der Waals surface area contributed by atoms with Crippen LogP contribution in [0.3, 0.4) is 0 Å². The van der Waals surface area contributed by atoms with Crippen molar-refractivity contribution in [3.63, 3.8) is 0 Å². The molecule has 5 nitrogen and oxygen atoms in total. The van der Waals surface area contributed by atoms with Crippen LogP contribution < -0.4 is 9.62 Å². The Balaban J connectivity index is 1.86. The van der Waals surface area contributed by atoms with Crippen molar-refractivity contribution >= 4 is 45.0 Å². The molecule has 0 aliphatic rings. The molecule has 2 aromatic rings. The van der Waals surface area contributed by atoms with Gasteiger partial charge in [-0.15, -0.1) is 0 Å². The van der Waals surface area contributed by atoms with Crippen molar-refractivity contribution in [2.45, 2.75) is 12.7 Å². The molecule has 0 aliphatic heterocycles.